The molecular formula is C10H13BrN4O3. The Labute approximate surface area is 112 Å². The number of halogens is 1. The van der Waals surface area contributed by atoms with Crippen LogP contribution in [0.3, 0.4) is 0 Å². The van der Waals surface area contributed by atoms with Crippen LogP contribution < -0.4 is 10.1 Å². The first-order valence-electron chi connectivity index (χ1n) is 5.41. The molecule has 0 radical (unpaired) electrons. The minimum Gasteiger partial charge on any atom is -0.480 e. The van der Waals surface area contributed by atoms with Crippen molar-refractivity contribution < 1.29 is 14.6 Å². The largest absolute Gasteiger partial charge is 0.480 e. The number of likely N-dealkylation sites (tertiary alicyclic amines) is 1. The SMILES string of the molecule is COc1nc(NC2CCN(C(=O)O)C2)ncc1Br. The van der Waals surface area contributed by atoms with Gasteiger partial charge in [-0.1, -0.05) is 0 Å². The maximum absolute atomic E-state index is 10.8. The molecule has 2 heterocycles. The maximum atomic E-state index is 10.8. The molecule has 1 aromatic rings. The lowest BCUT2D eigenvalue weighted by Gasteiger charge is -2.14. The van der Waals surface area contributed by atoms with Crippen LogP contribution in [0.25, 0.3) is 0 Å². The lowest BCUT2D eigenvalue weighted by molar-refractivity contribution is 0.155. The highest BCUT2D eigenvalue weighted by atomic mass is 79.9. The van der Waals surface area contributed by atoms with Crippen molar-refractivity contribution in [2.24, 2.45) is 0 Å². The quantitative estimate of drug-likeness (QED) is 0.876. The van der Waals surface area contributed by atoms with E-state index in [2.05, 4.69) is 31.2 Å². The Morgan fingerprint density at radius 2 is 2.50 bits per heavy atom. The third kappa shape index (κ3) is 2.81. The highest BCUT2D eigenvalue weighted by Gasteiger charge is 2.26. The molecule has 0 aromatic carbocycles. The average Bonchev–Trinajstić information content (AvgIpc) is 2.80. The van der Waals surface area contributed by atoms with E-state index in [0.29, 0.717) is 29.4 Å². The van der Waals surface area contributed by atoms with Crippen LogP contribution in [0.5, 0.6) is 5.88 Å². The number of carbonyl (C=O) groups is 1. The number of carboxylic acid groups (broad SMARTS) is 1. The van der Waals surface area contributed by atoms with Gasteiger partial charge in [0.05, 0.1) is 17.8 Å². The van der Waals surface area contributed by atoms with E-state index in [4.69, 9.17) is 9.84 Å². The lowest BCUT2D eigenvalue weighted by atomic mass is 10.3. The molecule has 98 valence electrons. The summed E-state index contributed by atoms with van der Waals surface area (Å²) < 4.78 is 5.74. The molecule has 1 unspecified atom stereocenters. The van der Waals surface area contributed by atoms with Gasteiger partial charge in [-0.05, 0) is 22.4 Å². The molecule has 1 aromatic heterocycles. The fourth-order valence-electron chi connectivity index (χ4n) is 1.80. The van der Waals surface area contributed by atoms with Crippen molar-refractivity contribution in [3.8, 4) is 5.88 Å². The third-order valence-corrected chi connectivity index (χ3v) is 3.24. The van der Waals surface area contributed by atoms with Gasteiger partial charge in [0.15, 0.2) is 0 Å². The molecule has 1 aliphatic heterocycles. The molecule has 8 heteroatoms. The van der Waals surface area contributed by atoms with E-state index < -0.39 is 6.09 Å². The standard InChI is InChI=1S/C10H13BrN4O3/c1-18-8-7(11)4-12-9(14-8)13-6-2-3-15(5-6)10(16)17/h4,6H,2-3,5H2,1H3,(H,16,17)(H,12,13,14). The maximum Gasteiger partial charge on any atom is 0.407 e. The van der Waals surface area contributed by atoms with Crippen molar-refractivity contribution in [1.82, 2.24) is 14.9 Å². The van der Waals surface area contributed by atoms with Gasteiger partial charge in [0.25, 0.3) is 0 Å². The molecule has 0 spiro atoms. The topological polar surface area (TPSA) is 87.6 Å². The fourth-order valence-corrected chi connectivity index (χ4v) is 2.15. The molecule has 2 rings (SSSR count). The second kappa shape index (κ2) is 5.38. The van der Waals surface area contributed by atoms with Crippen LogP contribution in [0.1, 0.15) is 6.42 Å². The van der Waals surface area contributed by atoms with Gasteiger partial charge in [0.1, 0.15) is 0 Å². The van der Waals surface area contributed by atoms with E-state index in [9.17, 15) is 4.79 Å². The molecule has 7 nitrogen and oxygen atoms in total. The molecule has 1 saturated heterocycles. The van der Waals surface area contributed by atoms with E-state index in [0.717, 1.165) is 6.42 Å². The molecule has 0 saturated carbocycles. The Kier molecular flexibility index (Phi) is 3.85. The van der Waals surface area contributed by atoms with Gasteiger partial charge in [0.2, 0.25) is 11.8 Å². The molecule has 1 amide bonds. The van der Waals surface area contributed by atoms with Crippen molar-refractivity contribution in [1.29, 1.82) is 0 Å². The van der Waals surface area contributed by atoms with Crippen LogP contribution in [0.4, 0.5) is 10.7 Å². The first-order chi connectivity index (χ1) is 8.60. The summed E-state index contributed by atoms with van der Waals surface area (Å²) in [4.78, 5) is 20.4. The molecule has 0 aliphatic carbocycles. The molecular weight excluding hydrogens is 304 g/mol. The summed E-state index contributed by atoms with van der Waals surface area (Å²) in [6.45, 7) is 0.970. The molecule has 1 aliphatic rings. The Morgan fingerprint density at radius 1 is 1.72 bits per heavy atom. The predicted molar refractivity (Wildman–Crippen MR) is 67.9 cm³/mol. The minimum absolute atomic E-state index is 0.0342. The second-order valence-electron chi connectivity index (χ2n) is 3.91. The van der Waals surface area contributed by atoms with Crippen molar-refractivity contribution in [3.63, 3.8) is 0 Å². The number of hydrogen-bond acceptors (Lipinski definition) is 5. The number of methoxy groups -OCH3 is 1. The number of amides is 1. The van der Waals surface area contributed by atoms with Crippen LogP contribution in [0.2, 0.25) is 0 Å². The van der Waals surface area contributed by atoms with Gasteiger partial charge in [-0.15, -0.1) is 0 Å². The Bertz CT molecular complexity index is 457. The van der Waals surface area contributed by atoms with Gasteiger partial charge in [-0.25, -0.2) is 9.78 Å². The highest BCUT2D eigenvalue weighted by Crippen LogP contribution is 2.22. The highest BCUT2D eigenvalue weighted by molar-refractivity contribution is 9.10. The van der Waals surface area contributed by atoms with Crippen molar-refractivity contribution in [2.45, 2.75) is 12.5 Å². The van der Waals surface area contributed by atoms with E-state index in [1.165, 1.54) is 12.0 Å². The summed E-state index contributed by atoms with van der Waals surface area (Å²) in [5.41, 5.74) is 0. The molecule has 18 heavy (non-hydrogen) atoms. The summed E-state index contributed by atoms with van der Waals surface area (Å²) in [6, 6.07) is 0.0342. The number of nitrogens with zero attached hydrogens (tertiary/aromatic N) is 3. The fraction of sp³-hybridized carbons (Fsp3) is 0.500. The summed E-state index contributed by atoms with van der Waals surface area (Å²) in [7, 11) is 1.53. The number of nitrogens with one attached hydrogen (secondary N) is 1. The summed E-state index contributed by atoms with van der Waals surface area (Å²) in [5.74, 6) is 0.882. The van der Waals surface area contributed by atoms with Gasteiger partial charge < -0.3 is 20.1 Å². The lowest BCUT2D eigenvalue weighted by Crippen LogP contribution is -2.30. The number of anilines is 1. The van der Waals surface area contributed by atoms with Crippen LogP contribution >= 0.6 is 15.9 Å². The zero-order valence-electron chi connectivity index (χ0n) is 9.76. The second-order valence-corrected chi connectivity index (χ2v) is 4.76. The van der Waals surface area contributed by atoms with Crippen LogP contribution in [-0.2, 0) is 0 Å². The zero-order chi connectivity index (χ0) is 13.1. The van der Waals surface area contributed by atoms with E-state index >= 15 is 0 Å². The third-order valence-electron chi connectivity index (χ3n) is 2.70. The van der Waals surface area contributed by atoms with Crippen LogP contribution in [0, 0.1) is 0 Å². The Morgan fingerprint density at radius 3 is 3.11 bits per heavy atom. The number of rotatable bonds is 3. The normalized spacial score (nSPS) is 18.8. The number of aromatic nitrogens is 2. The molecule has 0 bridgehead atoms. The van der Waals surface area contributed by atoms with Crippen LogP contribution in [-0.4, -0.2) is 52.3 Å². The van der Waals surface area contributed by atoms with Crippen LogP contribution in [0.15, 0.2) is 10.7 Å². The first kappa shape index (κ1) is 12.9. The summed E-state index contributed by atoms with van der Waals surface area (Å²) >= 11 is 3.27. The number of hydrogen-bond donors (Lipinski definition) is 2. The van der Waals surface area contributed by atoms with Crippen molar-refractivity contribution in [2.75, 3.05) is 25.5 Å². The van der Waals surface area contributed by atoms with Gasteiger partial charge in [-0.3, -0.25) is 0 Å². The first-order valence-corrected chi connectivity index (χ1v) is 6.20. The van der Waals surface area contributed by atoms with Gasteiger partial charge in [0, 0.05) is 19.1 Å². The van der Waals surface area contributed by atoms with E-state index in [1.807, 2.05) is 0 Å². The average molecular weight is 317 g/mol. The monoisotopic (exact) mass is 316 g/mol. The van der Waals surface area contributed by atoms with E-state index in [-0.39, 0.29) is 6.04 Å². The van der Waals surface area contributed by atoms with Gasteiger partial charge >= 0.3 is 6.09 Å². The summed E-state index contributed by atoms with van der Waals surface area (Å²) in [6.07, 6.45) is 1.44. The molecule has 1 atom stereocenters. The Balaban J connectivity index is 2.00. The van der Waals surface area contributed by atoms with Crippen molar-refractivity contribution in [3.05, 3.63) is 10.7 Å². The predicted octanol–water partition coefficient (Wildman–Crippen LogP) is 1.41. The minimum atomic E-state index is -0.895. The van der Waals surface area contributed by atoms with Gasteiger partial charge in [-0.2, -0.15) is 4.98 Å². The smallest absolute Gasteiger partial charge is 0.407 e. The number of ether oxygens (including phenoxy) is 1. The molecule has 2 N–H and O–H groups in total. The van der Waals surface area contributed by atoms with E-state index in [1.54, 1.807) is 6.20 Å². The Hall–Kier alpha value is -1.57. The zero-order valence-corrected chi connectivity index (χ0v) is 11.3. The molecule has 1 fully saturated rings. The van der Waals surface area contributed by atoms with Crippen molar-refractivity contribution >= 4 is 28.0 Å². The summed E-state index contributed by atoms with van der Waals surface area (Å²) in [5, 5.41) is 12.0.